The number of nitrogens with zero attached hydrogens (tertiary/aromatic N) is 3. The maximum Gasteiger partial charge on any atom is 0.410 e. The fourth-order valence-electron chi connectivity index (χ4n) is 2.60. The number of ether oxygens (including phenoxy) is 1. The molecule has 22 heavy (non-hydrogen) atoms. The van der Waals surface area contributed by atoms with Crippen molar-refractivity contribution in [1.29, 1.82) is 0 Å². The zero-order valence-corrected chi connectivity index (χ0v) is 12.7. The van der Waals surface area contributed by atoms with E-state index in [-0.39, 0.29) is 18.7 Å². The fraction of sp³-hybridized carbons (Fsp3) is 0.312. The first-order valence-electron chi connectivity index (χ1n) is 7.20. The molecule has 1 aliphatic rings. The van der Waals surface area contributed by atoms with Crippen LogP contribution in [-0.2, 0) is 11.3 Å². The third kappa shape index (κ3) is 3.36. The monoisotopic (exact) mass is 317 g/mol. The largest absolute Gasteiger partial charge is 0.445 e. The molecule has 0 saturated carbocycles. The molecule has 1 saturated heterocycles. The second-order valence-electron chi connectivity index (χ2n) is 5.17. The smallest absolute Gasteiger partial charge is 0.410 e. The van der Waals surface area contributed by atoms with Crippen LogP contribution in [0, 0.1) is 0 Å². The van der Waals surface area contributed by atoms with Crippen molar-refractivity contribution in [2.45, 2.75) is 25.5 Å². The van der Waals surface area contributed by atoms with Gasteiger partial charge < -0.3 is 4.74 Å². The Labute approximate surface area is 133 Å². The Kier molecular flexibility index (Phi) is 4.53. The summed E-state index contributed by atoms with van der Waals surface area (Å²) in [5, 5.41) is 8.27. The third-order valence-electron chi connectivity index (χ3n) is 3.69. The van der Waals surface area contributed by atoms with Gasteiger partial charge in [-0.1, -0.05) is 41.9 Å². The average Bonchev–Trinajstić information content (AvgIpc) is 3.04. The van der Waals surface area contributed by atoms with E-state index in [4.69, 9.17) is 16.3 Å². The number of amides is 1. The van der Waals surface area contributed by atoms with Crippen molar-refractivity contribution < 1.29 is 9.53 Å². The summed E-state index contributed by atoms with van der Waals surface area (Å²) in [5.41, 5.74) is 1.72. The van der Waals surface area contributed by atoms with E-state index in [9.17, 15) is 4.79 Å². The first kappa shape index (κ1) is 14.8. The van der Waals surface area contributed by atoms with Crippen LogP contribution in [0.1, 0.15) is 30.1 Å². The van der Waals surface area contributed by atoms with Gasteiger partial charge in [0.25, 0.3) is 0 Å². The number of benzene rings is 1. The molecular formula is C16H16ClN3O2. The summed E-state index contributed by atoms with van der Waals surface area (Å²) in [7, 11) is 0. The van der Waals surface area contributed by atoms with Gasteiger partial charge in [0.15, 0.2) is 5.15 Å². The van der Waals surface area contributed by atoms with E-state index in [0.717, 1.165) is 24.1 Å². The number of likely N-dealkylation sites (tertiary alicyclic amines) is 1. The van der Waals surface area contributed by atoms with Gasteiger partial charge in [0, 0.05) is 6.54 Å². The van der Waals surface area contributed by atoms with E-state index in [0.29, 0.717) is 11.7 Å². The zero-order chi connectivity index (χ0) is 15.4. The Morgan fingerprint density at radius 1 is 1.23 bits per heavy atom. The van der Waals surface area contributed by atoms with Crippen molar-refractivity contribution in [3.8, 4) is 0 Å². The maximum absolute atomic E-state index is 12.3. The lowest BCUT2D eigenvalue weighted by atomic mass is 10.1. The molecule has 1 aromatic heterocycles. The quantitative estimate of drug-likeness (QED) is 0.868. The van der Waals surface area contributed by atoms with Crippen LogP contribution in [0.2, 0.25) is 5.15 Å². The molecule has 0 radical (unpaired) electrons. The van der Waals surface area contributed by atoms with Crippen LogP contribution >= 0.6 is 11.6 Å². The molecule has 0 bridgehead atoms. The van der Waals surface area contributed by atoms with Crippen molar-refractivity contribution in [3.63, 3.8) is 0 Å². The fourth-order valence-corrected chi connectivity index (χ4v) is 2.70. The topological polar surface area (TPSA) is 55.3 Å². The number of aromatic nitrogens is 2. The lowest BCUT2D eigenvalue weighted by Crippen LogP contribution is -2.31. The Hall–Kier alpha value is -2.14. The molecule has 0 unspecified atom stereocenters. The van der Waals surface area contributed by atoms with Crippen LogP contribution < -0.4 is 0 Å². The minimum Gasteiger partial charge on any atom is -0.445 e. The number of rotatable bonds is 3. The minimum absolute atomic E-state index is 0.0898. The molecule has 2 aromatic rings. The second kappa shape index (κ2) is 6.75. The van der Waals surface area contributed by atoms with Crippen LogP contribution in [0.25, 0.3) is 0 Å². The first-order valence-corrected chi connectivity index (χ1v) is 7.58. The molecule has 6 heteroatoms. The lowest BCUT2D eigenvalue weighted by Gasteiger charge is -2.23. The van der Waals surface area contributed by atoms with E-state index in [1.807, 2.05) is 36.4 Å². The number of hydrogen-bond acceptors (Lipinski definition) is 4. The van der Waals surface area contributed by atoms with Gasteiger partial charge in [0.2, 0.25) is 0 Å². The molecule has 1 atom stereocenters. The normalized spacial score (nSPS) is 17.5. The molecule has 1 fully saturated rings. The average molecular weight is 318 g/mol. The van der Waals surface area contributed by atoms with Crippen molar-refractivity contribution in [3.05, 3.63) is 58.9 Å². The van der Waals surface area contributed by atoms with E-state index in [1.54, 1.807) is 11.0 Å². The third-order valence-corrected chi connectivity index (χ3v) is 3.89. The highest BCUT2D eigenvalue weighted by Crippen LogP contribution is 2.31. The van der Waals surface area contributed by atoms with Crippen molar-refractivity contribution in [2.24, 2.45) is 0 Å². The molecule has 114 valence electrons. The van der Waals surface area contributed by atoms with Gasteiger partial charge in [0.1, 0.15) is 6.61 Å². The molecule has 1 aromatic carbocycles. The molecule has 3 rings (SSSR count). The lowest BCUT2D eigenvalue weighted by molar-refractivity contribution is 0.0914. The maximum atomic E-state index is 12.3. The first-order chi connectivity index (χ1) is 10.7. The van der Waals surface area contributed by atoms with Crippen LogP contribution in [-0.4, -0.2) is 27.7 Å². The predicted molar refractivity (Wildman–Crippen MR) is 82.4 cm³/mol. The van der Waals surface area contributed by atoms with E-state index in [2.05, 4.69) is 10.2 Å². The zero-order valence-electron chi connectivity index (χ0n) is 12.0. The Balaban J connectivity index is 1.65. The Bertz CT molecular complexity index is 634. The highest BCUT2D eigenvalue weighted by Gasteiger charge is 2.32. The van der Waals surface area contributed by atoms with Gasteiger partial charge in [-0.15, -0.1) is 5.10 Å². The van der Waals surface area contributed by atoms with Crippen LogP contribution in [0.5, 0.6) is 0 Å². The highest BCUT2D eigenvalue weighted by atomic mass is 35.5. The molecule has 1 aliphatic heterocycles. The number of hydrogen-bond donors (Lipinski definition) is 0. The highest BCUT2D eigenvalue weighted by molar-refractivity contribution is 6.29. The Morgan fingerprint density at radius 3 is 2.77 bits per heavy atom. The van der Waals surface area contributed by atoms with Gasteiger partial charge in [-0.05, 0) is 30.5 Å². The summed E-state index contributed by atoms with van der Waals surface area (Å²) < 4.78 is 5.40. The van der Waals surface area contributed by atoms with Gasteiger partial charge in [-0.3, -0.25) is 4.90 Å². The standard InChI is InChI=1S/C16H16ClN3O2/c17-15-9-8-13(18-19-15)14-7-4-10-20(14)16(21)22-11-12-5-2-1-3-6-12/h1-3,5-6,8-9,14H,4,7,10-11H2/t14-/m1/s1. The van der Waals surface area contributed by atoms with Crippen LogP contribution in [0.3, 0.4) is 0 Å². The molecule has 5 nitrogen and oxygen atoms in total. The van der Waals surface area contributed by atoms with Gasteiger partial charge in [-0.2, -0.15) is 5.10 Å². The summed E-state index contributed by atoms with van der Waals surface area (Å²) in [5.74, 6) is 0. The predicted octanol–water partition coefficient (Wildman–Crippen LogP) is 3.60. The summed E-state index contributed by atoms with van der Waals surface area (Å²) in [6.45, 7) is 0.942. The van der Waals surface area contributed by atoms with E-state index in [1.165, 1.54) is 0 Å². The molecule has 0 aliphatic carbocycles. The second-order valence-corrected chi connectivity index (χ2v) is 5.56. The minimum atomic E-state index is -0.317. The summed E-state index contributed by atoms with van der Waals surface area (Å²) >= 11 is 5.76. The van der Waals surface area contributed by atoms with Crippen molar-refractivity contribution in [1.82, 2.24) is 15.1 Å². The number of carbonyl (C=O) groups excluding carboxylic acids is 1. The van der Waals surface area contributed by atoms with E-state index < -0.39 is 0 Å². The number of halogens is 1. The Morgan fingerprint density at radius 2 is 2.05 bits per heavy atom. The van der Waals surface area contributed by atoms with Gasteiger partial charge >= 0.3 is 6.09 Å². The summed E-state index contributed by atoms with van der Waals surface area (Å²) in [4.78, 5) is 14.0. The molecule has 2 heterocycles. The molecule has 0 spiro atoms. The molecule has 0 N–H and O–H groups in total. The van der Waals surface area contributed by atoms with Gasteiger partial charge in [-0.25, -0.2) is 4.79 Å². The molecule has 1 amide bonds. The summed E-state index contributed by atoms with van der Waals surface area (Å²) in [6, 6.07) is 13.0. The van der Waals surface area contributed by atoms with Crippen LogP contribution in [0.4, 0.5) is 4.79 Å². The van der Waals surface area contributed by atoms with Crippen molar-refractivity contribution >= 4 is 17.7 Å². The van der Waals surface area contributed by atoms with Gasteiger partial charge in [0.05, 0.1) is 11.7 Å². The summed E-state index contributed by atoms with van der Waals surface area (Å²) in [6.07, 6.45) is 1.47. The van der Waals surface area contributed by atoms with E-state index >= 15 is 0 Å². The van der Waals surface area contributed by atoms with Crippen LogP contribution in [0.15, 0.2) is 42.5 Å². The number of carbonyl (C=O) groups is 1. The SMILES string of the molecule is O=C(OCc1ccccc1)N1CCC[C@@H]1c1ccc(Cl)nn1. The van der Waals surface area contributed by atoms with Crippen molar-refractivity contribution in [2.75, 3.05) is 6.54 Å². The molecular weight excluding hydrogens is 302 g/mol.